The van der Waals surface area contributed by atoms with Crippen LogP contribution in [0, 0.1) is 11.3 Å². The molecule has 3 rings (SSSR count). The van der Waals surface area contributed by atoms with Crippen LogP contribution in [0.15, 0.2) is 0 Å². The minimum atomic E-state index is -0.230. The van der Waals surface area contributed by atoms with E-state index in [0.29, 0.717) is 11.3 Å². The number of nitrogens with zero attached hydrogens (tertiary/aromatic N) is 1. The zero-order chi connectivity index (χ0) is 13.6. The van der Waals surface area contributed by atoms with E-state index >= 15 is 0 Å². The maximum absolute atomic E-state index is 12.6. The van der Waals surface area contributed by atoms with Gasteiger partial charge in [-0.25, -0.2) is 0 Å². The number of nitrogens with one attached hydrogen (secondary N) is 1. The molecule has 1 N–H and O–H groups in total. The lowest BCUT2D eigenvalue weighted by Gasteiger charge is -2.44. The average Bonchev–Trinajstić information content (AvgIpc) is 3.14. The third-order valence-electron chi connectivity index (χ3n) is 4.89. The van der Waals surface area contributed by atoms with E-state index in [-0.39, 0.29) is 30.4 Å². The van der Waals surface area contributed by atoms with Crippen molar-refractivity contribution in [2.24, 2.45) is 11.3 Å². The van der Waals surface area contributed by atoms with E-state index in [1.165, 1.54) is 6.42 Å². The van der Waals surface area contributed by atoms with E-state index < -0.39 is 0 Å². The molecule has 0 aromatic heterocycles. The largest absolute Gasteiger partial charge is 0.342 e. The Kier molecular flexibility index (Phi) is 3.06. The van der Waals surface area contributed by atoms with Gasteiger partial charge in [-0.3, -0.25) is 9.59 Å². The highest BCUT2D eigenvalue weighted by atomic mass is 16.2. The fraction of sp³-hybridized carbons (Fsp3) is 0.867. The van der Waals surface area contributed by atoms with E-state index in [2.05, 4.69) is 19.2 Å². The molecule has 0 spiro atoms. The predicted octanol–water partition coefficient (Wildman–Crippen LogP) is 1.69. The van der Waals surface area contributed by atoms with Gasteiger partial charge in [0.15, 0.2) is 0 Å². The summed E-state index contributed by atoms with van der Waals surface area (Å²) in [6, 6.07) is 0.0369. The van der Waals surface area contributed by atoms with Gasteiger partial charge in [0.2, 0.25) is 11.8 Å². The number of amides is 2. The molecule has 4 nitrogen and oxygen atoms in total. The quantitative estimate of drug-likeness (QED) is 0.825. The van der Waals surface area contributed by atoms with Crippen LogP contribution in [0.5, 0.6) is 0 Å². The number of piperazine rings is 1. The van der Waals surface area contributed by atoms with Crippen LogP contribution in [0.2, 0.25) is 0 Å². The first-order valence-corrected chi connectivity index (χ1v) is 7.56. The smallest absolute Gasteiger partial charge is 0.246 e. The molecular weight excluding hydrogens is 240 g/mol. The first kappa shape index (κ1) is 12.9. The van der Waals surface area contributed by atoms with Crippen LogP contribution >= 0.6 is 0 Å². The van der Waals surface area contributed by atoms with Gasteiger partial charge < -0.3 is 10.2 Å². The molecule has 4 heteroatoms. The number of hydrogen-bond acceptors (Lipinski definition) is 2. The number of carbonyl (C=O) groups is 2. The summed E-state index contributed by atoms with van der Waals surface area (Å²) in [6.45, 7) is 4.81. The van der Waals surface area contributed by atoms with E-state index in [1.54, 1.807) is 0 Å². The summed E-state index contributed by atoms with van der Waals surface area (Å²) in [5.74, 6) is 0.598. The molecule has 0 radical (unpaired) electrons. The third kappa shape index (κ3) is 2.63. The molecule has 0 bridgehead atoms. The second kappa shape index (κ2) is 4.50. The Hall–Kier alpha value is -1.06. The highest BCUT2D eigenvalue weighted by Gasteiger charge is 2.45. The lowest BCUT2D eigenvalue weighted by atomic mass is 9.74. The molecule has 1 aliphatic heterocycles. The lowest BCUT2D eigenvalue weighted by molar-refractivity contribution is -0.148. The van der Waals surface area contributed by atoms with Crippen molar-refractivity contribution in [2.75, 3.05) is 6.54 Å². The Morgan fingerprint density at radius 3 is 2.58 bits per heavy atom. The first-order valence-electron chi connectivity index (χ1n) is 7.56. The van der Waals surface area contributed by atoms with Crippen molar-refractivity contribution in [3.05, 3.63) is 0 Å². The second-order valence-corrected chi connectivity index (χ2v) is 7.26. The Morgan fingerprint density at radius 1 is 1.21 bits per heavy atom. The Balaban J connectivity index is 1.74. The van der Waals surface area contributed by atoms with Crippen molar-refractivity contribution in [3.8, 4) is 0 Å². The van der Waals surface area contributed by atoms with Crippen LogP contribution in [0.1, 0.15) is 52.4 Å². The highest BCUT2D eigenvalue weighted by molar-refractivity contribution is 5.95. The summed E-state index contributed by atoms with van der Waals surface area (Å²) in [6.07, 6.45) is 6.64. The number of hydrogen-bond donors (Lipinski definition) is 1. The topological polar surface area (TPSA) is 49.4 Å². The van der Waals surface area contributed by atoms with Crippen molar-refractivity contribution in [2.45, 2.75) is 64.5 Å². The number of carbonyl (C=O) groups excluding carboxylic acids is 2. The van der Waals surface area contributed by atoms with Gasteiger partial charge in [-0.05, 0) is 43.4 Å². The Labute approximate surface area is 114 Å². The van der Waals surface area contributed by atoms with Crippen molar-refractivity contribution in [3.63, 3.8) is 0 Å². The van der Waals surface area contributed by atoms with E-state index in [4.69, 9.17) is 0 Å². The average molecular weight is 264 g/mol. The first-order chi connectivity index (χ1) is 8.96. The van der Waals surface area contributed by atoms with Crippen molar-refractivity contribution < 1.29 is 9.59 Å². The standard InChI is InChI=1S/C15H24N2O2/c1-15(2)7-3-4-11(8-15)17-9-12(18)16-13(14(17)19)10-5-6-10/h10-11,13H,3-9H2,1-2H3,(H,16,18). The molecule has 2 saturated carbocycles. The SMILES string of the molecule is CC1(C)CCCC(N2CC(=O)NC(C3CC3)C2=O)C1. The zero-order valence-corrected chi connectivity index (χ0v) is 11.9. The van der Waals surface area contributed by atoms with Gasteiger partial charge in [0.25, 0.3) is 0 Å². The molecule has 0 aromatic rings. The summed E-state index contributed by atoms with van der Waals surface area (Å²) < 4.78 is 0. The van der Waals surface area contributed by atoms with Crippen molar-refractivity contribution in [1.29, 1.82) is 0 Å². The van der Waals surface area contributed by atoms with E-state index in [1.807, 2.05) is 4.90 Å². The van der Waals surface area contributed by atoms with Crippen LogP contribution in [0.4, 0.5) is 0 Å². The fourth-order valence-corrected chi connectivity index (χ4v) is 3.67. The molecule has 1 heterocycles. The summed E-state index contributed by atoms with van der Waals surface area (Å²) in [4.78, 5) is 26.3. The van der Waals surface area contributed by atoms with Gasteiger partial charge >= 0.3 is 0 Å². The second-order valence-electron chi connectivity index (χ2n) is 7.26. The minimum Gasteiger partial charge on any atom is -0.342 e. The third-order valence-corrected chi connectivity index (χ3v) is 4.89. The van der Waals surface area contributed by atoms with Crippen LogP contribution in [0.25, 0.3) is 0 Å². The number of rotatable bonds is 2. The van der Waals surface area contributed by atoms with Crippen LogP contribution in [-0.2, 0) is 9.59 Å². The molecule has 0 aromatic carbocycles. The highest BCUT2D eigenvalue weighted by Crippen LogP contribution is 2.39. The summed E-state index contributed by atoms with van der Waals surface area (Å²) in [5.41, 5.74) is 0.298. The molecule has 3 aliphatic rings. The molecule has 2 aliphatic carbocycles. The van der Waals surface area contributed by atoms with Gasteiger partial charge in [0.1, 0.15) is 6.04 Å². The lowest BCUT2D eigenvalue weighted by Crippen LogP contribution is -2.62. The maximum atomic E-state index is 12.6. The zero-order valence-electron chi connectivity index (χ0n) is 11.9. The van der Waals surface area contributed by atoms with E-state index in [9.17, 15) is 9.59 Å². The van der Waals surface area contributed by atoms with Crippen molar-refractivity contribution >= 4 is 11.8 Å². The minimum absolute atomic E-state index is 0.0277. The summed E-state index contributed by atoms with van der Waals surface area (Å²) in [5, 5.41) is 2.89. The molecule has 1 saturated heterocycles. The molecule has 106 valence electrons. The van der Waals surface area contributed by atoms with Gasteiger partial charge in [-0.15, -0.1) is 0 Å². The van der Waals surface area contributed by atoms with Gasteiger partial charge in [-0.1, -0.05) is 20.3 Å². The van der Waals surface area contributed by atoms with Gasteiger partial charge in [-0.2, -0.15) is 0 Å². The summed E-state index contributed by atoms with van der Waals surface area (Å²) >= 11 is 0. The van der Waals surface area contributed by atoms with E-state index in [0.717, 1.165) is 32.1 Å². The van der Waals surface area contributed by atoms with Crippen LogP contribution < -0.4 is 5.32 Å². The van der Waals surface area contributed by atoms with Gasteiger partial charge in [0.05, 0.1) is 6.54 Å². The maximum Gasteiger partial charge on any atom is 0.246 e. The molecule has 19 heavy (non-hydrogen) atoms. The molecule has 2 amide bonds. The molecule has 3 fully saturated rings. The Morgan fingerprint density at radius 2 is 1.95 bits per heavy atom. The Bertz CT molecular complexity index is 401. The monoisotopic (exact) mass is 264 g/mol. The van der Waals surface area contributed by atoms with Crippen LogP contribution in [-0.4, -0.2) is 35.3 Å². The summed E-state index contributed by atoms with van der Waals surface area (Å²) in [7, 11) is 0. The predicted molar refractivity (Wildman–Crippen MR) is 72.4 cm³/mol. The fourth-order valence-electron chi connectivity index (χ4n) is 3.67. The van der Waals surface area contributed by atoms with Crippen LogP contribution in [0.3, 0.4) is 0 Å². The molecular formula is C15H24N2O2. The molecule has 2 unspecified atom stereocenters. The normalized spacial score (nSPS) is 35.2. The van der Waals surface area contributed by atoms with Gasteiger partial charge in [0, 0.05) is 6.04 Å². The van der Waals surface area contributed by atoms with Crippen molar-refractivity contribution in [1.82, 2.24) is 10.2 Å². The molecule has 2 atom stereocenters.